The van der Waals surface area contributed by atoms with Crippen LogP contribution in [-0.4, -0.2) is 11.9 Å². The lowest BCUT2D eigenvalue weighted by Gasteiger charge is -2.02. The van der Waals surface area contributed by atoms with Gasteiger partial charge in [-0.15, -0.1) is 0 Å². The minimum Gasteiger partial charge on any atom is -0.241 e. The number of aliphatic imine (C=N–C) groups is 2. The van der Waals surface area contributed by atoms with Gasteiger partial charge in [-0.1, -0.05) is 32.9 Å². The average molecular weight is 204 g/mol. The molecule has 0 radical (unpaired) electrons. The van der Waals surface area contributed by atoms with Gasteiger partial charge in [-0.2, -0.15) is 0 Å². The Balaban J connectivity index is 2.88. The highest BCUT2D eigenvalue weighted by atomic mass is 15.0. The Kier molecular flexibility index (Phi) is 4.47. The highest BCUT2D eigenvalue weighted by molar-refractivity contribution is 5.92. The van der Waals surface area contributed by atoms with Crippen LogP contribution in [0.1, 0.15) is 40.5 Å². The van der Waals surface area contributed by atoms with Crippen LogP contribution in [0.3, 0.4) is 0 Å². The van der Waals surface area contributed by atoms with E-state index in [2.05, 4.69) is 42.9 Å². The molecule has 0 fully saturated rings. The number of hydrogen-bond acceptors (Lipinski definition) is 2. The van der Waals surface area contributed by atoms with E-state index in [1.54, 1.807) is 0 Å². The molecule has 1 heterocycles. The topological polar surface area (TPSA) is 24.7 Å². The molecule has 0 atom stereocenters. The van der Waals surface area contributed by atoms with Crippen LogP contribution < -0.4 is 0 Å². The first-order valence-corrected chi connectivity index (χ1v) is 5.64. The van der Waals surface area contributed by atoms with Gasteiger partial charge in [0.25, 0.3) is 0 Å². The van der Waals surface area contributed by atoms with Gasteiger partial charge in [0, 0.05) is 23.9 Å². The Labute approximate surface area is 92.5 Å². The van der Waals surface area contributed by atoms with Gasteiger partial charge in [0.2, 0.25) is 0 Å². The predicted molar refractivity (Wildman–Crippen MR) is 67.5 cm³/mol. The van der Waals surface area contributed by atoms with Crippen LogP contribution in [0.15, 0.2) is 33.5 Å². The molecule has 0 aliphatic carbocycles. The van der Waals surface area contributed by atoms with Crippen molar-refractivity contribution >= 4 is 11.9 Å². The maximum atomic E-state index is 4.57. The Bertz CT molecular complexity index is 330. The normalized spacial score (nSPS) is 17.5. The second-order valence-corrected chi connectivity index (χ2v) is 4.00. The molecule has 0 aromatic carbocycles. The Hall–Kier alpha value is -1.18. The van der Waals surface area contributed by atoms with E-state index in [1.165, 1.54) is 11.3 Å². The van der Waals surface area contributed by atoms with Gasteiger partial charge in [-0.3, -0.25) is 0 Å². The van der Waals surface area contributed by atoms with Gasteiger partial charge in [0.15, 0.2) is 5.82 Å². The first-order valence-electron chi connectivity index (χ1n) is 5.64. The van der Waals surface area contributed by atoms with Gasteiger partial charge in [-0.05, 0) is 19.3 Å². The largest absolute Gasteiger partial charge is 0.241 e. The first kappa shape index (κ1) is 11.9. The fourth-order valence-electron chi connectivity index (χ4n) is 1.48. The van der Waals surface area contributed by atoms with Crippen LogP contribution in [0, 0.1) is 5.92 Å². The summed E-state index contributed by atoms with van der Waals surface area (Å²) in [6.45, 7) is 8.47. The van der Waals surface area contributed by atoms with Crippen molar-refractivity contribution in [1.82, 2.24) is 0 Å². The Morgan fingerprint density at radius 3 is 2.73 bits per heavy atom. The van der Waals surface area contributed by atoms with Gasteiger partial charge >= 0.3 is 0 Å². The van der Waals surface area contributed by atoms with Crippen molar-refractivity contribution in [2.45, 2.75) is 40.5 Å². The maximum Gasteiger partial charge on any atom is 0.154 e. The number of hydrogen-bond donors (Lipinski definition) is 0. The minimum absolute atomic E-state index is 0.514. The molecule has 0 aromatic heterocycles. The zero-order chi connectivity index (χ0) is 11.3. The Morgan fingerprint density at radius 2 is 2.20 bits per heavy atom. The van der Waals surface area contributed by atoms with E-state index in [-0.39, 0.29) is 0 Å². The summed E-state index contributed by atoms with van der Waals surface area (Å²) >= 11 is 0. The molecule has 15 heavy (non-hydrogen) atoms. The lowest BCUT2D eigenvalue weighted by atomic mass is 10.0. The molecule has 2 heteroatoms. The predicted octanol–water partition coefficient (Wildman–Crippen LogP) is 3.76. The number of allylic oxidation sites excluding steroid dienone is 3. The molecule has 1 aliphatic rings. The zero-order valence-electron chi connectivity index (χ0n) is 10.1. The first-order chi connectivity index (χ1) is 7.19. The fraction of sp³-hybridized carbons (Fsp3) is 0.538. The summed E-state index contributed by atoms with van der Waals surface area (Å²) in [6.07, 6.45) is 8.00. The summed E-state index contributed by atoms with van der Waals surface area (Å²) in [7, 11) is 0. The molecule has 0 spiro atoms. The third kappa shape index (κ3) is 3.15. The van der Waals surface area contributed by atoms with E-state index in [0.717, 1.165) is 18.7 Å². The highest BCUT2D eigenvalue weighted by Gasteiger charge is 2.17. The summed E-state index contributed by atoms with van der Waals surface area (Å²) in [5.41, 5.74) is 2.48. The highest BCUT2D eigenvalue weighted by Crippen LogP contribution is 2.25. The van der Waals surface area contributed by atoms with E-state index >= 15 is 0 Å². The molecule has 82 valence electrons. The van der Waals surface area contributed by atoms with E-state index < -0.39 is 0 Å². The second kappa shape index (κ2) is 5.64. The second-order valence-electron chi connectivity index (χ2n) is 4.00. The number of rotatable bonds is 4. The summed E-state index contributed by atoms with van der Waals surface area (Å²) in [5, 5.41) is 0. The van der Waals surface area contributed by atoms with E-state index in [1.807, 2.05) is 13.1 Å². The van der Waals surface area contributed by atoms with Crippen molar-refractivity contribution in [3.05, 3.63) is 23.5 Å². The van der Waals surface area contributed by atoms with Gasteiger partial charge in [0.05, 0.1) is 0 Å². The van der Waals surface area contributed by atoms with Crippen LogP contribution in [0.25, 0.3) is 0 Å². The quantitative estimate of drug-likeness (QED) is 0.623. The third-order valence-electron chi connectivity index (χ3n) is 2.34. The van der Waals surface area contributed by atoms with Crippen molar-refractivity contribution < 1.29 is 0 Å². The molecule has 0 N–H and O–H groups in total. The van der Waals surface area contributed by atoms with Gasteiger partial charge in [-0.25, -0.2) is 9.98 Å². The monoisotopic (exact) mass is 204 g/mol. The molecular formula is C13H20N2. The number of nitrogens with zero attached hydrogens (tertiary/aromatic N) is 2. The van der Waals surface area contributed by atoms with E-state index in [9.17, 15) is 0 Å². The van der Waals surface area contributed by atoms with Crippen molar-refractivity contribution in [2.75, 3.05) is 0 Å². The van der Waals surface area contributed by atoms with Crippen LogP contribution >= 0.6 is 0 Å². The van der Waals surface area contributed by atoms with Crippen LogP contribution in [0.2, 0.25) is 0 Å². The van der Waals surface area contributed by atoms with Crippen molar-refractivity contribution in [3.63, 3.8) is 0 Å². The minimum atomic E-state index is 0.514. The maximum absolute atomic E-state index is 4.57. The molecule has 0 bridgehead atoms. The van der Waals surface area contributed by atoms with Crippen LogP contribution in [0.5, 0.6) is 0 Å². The van der Waals surface area contributed by atoms with Gasteiger partial charge < -0.3 is 0 Å². The zero-order valence-corrected chi connectivity index (χ0v) is 10.1. The summed E-state index contributed by atoms with van der Waals surface area (Å²) < 4.78 is 0. The summed E-state index contributed by atoms with van der Waals surface area (Å²) in [4.78, 5) is 8.96. The van der Waals surface area contributed by atoms with Crippen molar-refractivity contribution in [1.29, 1.82) is 0 Å². The average Bonchev–Trinajstić information content (AvgIpc) is 2.59. The van der Waals surface area contributed by atoms with E-state index in [4.69, 9.17) is 0 Å². The standard InChI is InChI=1S/C13H20N2/c1-5-7-11-9-12(10(3)4)15-13(11)14-8-6-2/h5,7-8,10H,6,9H2,1-4H3/b7-5-,14-8-. The molecule has 0 aromatic rings. The lowest BCUT2D eigenvalue weighted by molar-refractivity contribution is 0.870. The van der Waals surface area contributed by atoms with Crippen LogP contribution in [-0.2, 0) is 0 Å². The lowest BCUT2D eigenvalue weighted by Crippen LogP contribution is -2.03. The van der Waals surface area contributed by atoms with E-state index in [0.29, 0.717) is 5.92 Å². The molecule has 0 unspecified atom stereocenters. The molecule has 0 saturated carbocycles. The fourth-order valence-corrected chi connectivity index (χ4v) is 1.48. The summed E-state index contributed by atoms with van der Waals surface area (Å²) in [6, 6.07) is 0. The molecular weight excluding hydrogens is 184 g/mol. The molecule has 1 rings (SSSR count). The van der Waals surface area contributed by atoms with Crippen LogP contribution in [0.4, 0.5) is 0 Å². The Morgan fingerprint density at radius 1 is 1.47 bits per heavy atom. The van der Waals surface area contributed by atoms with Crippen molar-refractivity contribution in [3.8, 4) is 0 Å². The third-order valence-corrected chi connectivity index (χ3v) is 2.34. The van der Waals surface area contributed by atoms with Gasteiger partial charge in [0.1, 0.15) is 0 Å². The smallest absolute Gasteiger partial charge is 0.154 e. The molecule has 1 aliphatic heterocycles. The molecule has 2 nitrogen and oxygen atoms in total. The molecule has 0 amide bonds. The SMILES string of the molecule is C/C=C\C1=C(/N=C\CC)N=C(C(C)C)C1. The summed E-state index contributed by atoms with van der Waals surface area (Å²) in [5.74, 6) is 1.42. The molecule has 0 saturated heterocycles. The van der Waals surface area contributed by atoms with Crippen molar-refractivity contribution in [2.24, 2.45) is 15.9 Å².